The first-order chi connectivity index (χ1) is 8.61. The van der Waals surface area contributed by atoms with Crippen molar-refractivity contribution in [2.75, 3.05) is 26.8 Å². The maximum absolute atomic E-state index is 5.31. The van der Waals surface area contributed by atoms with Crippen LogP contribution < -0.4 is 5.32 Å². The smallest absolute Gasteiger partial charge is 0.0516 e. The van der Waals surface area contributed by atoms with Crippen molar-refractivity contribution in [2.45, 2.75) is 33.1 Å². The van der Waals surface area contributed by atoms with Crippen LogP contribution in [0.25, 0.3) is 0 Å². The van der Waals surface area contributed by atoms with Gasteiger partial charge >= 0.3 is 0 Å². The molecule has 1 atom stereocenters. The normalized spacial score (nSPS) is 17.6. The Labute approximate surface area is 111 Å². The molecule has 2 heteroatoms. The number of hydrogen-bond acceptors (Lipinski definition) is 2. The number of nitrogens with one attached hydrogen (secondary N) is 1. The molecule has 2 rings (SSSR count). The average Bonchev–Trinajstić information content (AvgIpc) is 2.21. The van der Waals surface area contributed by atoms with Gasteiger partial charge in [-0.3, -0.25) is 0 Å². The molecule has 1 aliphatic rings. The topological polar surface area (TPSA) is 21.3 Å². The summed E-state index contributed by atoms with van der Waals surface area (Å²) in [4.78, 5) is 0. The Morgan fingerprint density at radius 3 is 2.28 bits per heavy atom. The zero-order valence-electron chi connectivity index (χ0n) is 12.0. The third-order valence-corrected chi connectivity index (χ3v) is 3.92. The second-order valence-corrected chi connectivity index (χ2v) is 5.71. The second-order valence-electron chi connectivity index (χ2n) is 5.71. The molecular formula is C16H25NO. The summed E-state index contributed by atoms with van der Waals surface area (Å²) in [6, 6.07) is 4.62. The van der Waals surface area contributed by atoms with E-state index in [1.54, 1.807) is 5.56 Å². The van der Waals surface area contributed by atoms with Gasteiger partial charge in [0.05, 0.1) is 13.2 Å². The molecule has 18 heavy (non-hydrogen) atoms. The van der Waals surface area contributed by atoms with Crippen LogP contribution in [0.5, 0.6) is 0 Å². The van der Waals surface area contributed by atoms with Crippen LogP contribution in [-0.4, -0.2) is 26.8 Å². The summed E-state index contributed by atoms with van der Waals surface area (Å²) in [6.07, 6.45) is 1.24. The van der Waals surface area contributed by atoms with Crippen LogP contribution in [-0.2, 0) is 4.74 Å². The third kappa shape index (κ3) is 2.93. The van der Waals surface area contributed by atoms with Crippen molar-refractivity contribution in [1.82, 2.24) is 5.32 Å². The highest BCUT2D eigenvalue weighted by Gasteiger charge is 2.25. The molecule has 1 aromatic carbocycles. The Morgan fingerprint density at radius 1 is 1.22 bits per heavy atom. The molecule has 0 radical (unpaired) electrons. The van der Waals surface area contributed by atoms with Crippen molar-refractivity contribution in [2.24, 2.45) is 5.92 Å². The quantitative estimate of drug-likeness (QED) is 0.863. The van der Waals surface area contributed by atoms with Gasteiger partial charge in [-0.1, -0.05) is 17.7 Å². The van der Waals surface area contributed by atoms with Crippen molar-refractivity contribution in [1.29, 1.82) is 0 Å². The van der Waals surface area contributed by atoms with Crippen molar-refractivity contribution in [3.8, 4) is 0 Å². The maximum atomic E-state index is 5.31. The fraction of sp³-hybridized carbons (Fsp3) is 0.625. The Morgan fingerprint density at radius 2 is 1.83 bits per heavy atom. The first-order valence-electron chi connectivity index (χ1n) is 6.92. The molecule has 2 nitrogen and oxygen atoms in total. The molecule has 1 heterocycles. The minimum atomic E-state index is 0.615. The molecule has 0 aliphatic carbocycles. The number of ether oxygens (including phenoxy) is 1. The second kappa shape index (κ2) is 5.85. The summed E-state index contributed by atoms with van der Waals surface area (Å²) in [5.74, 6) is 1.37. The lowest BCUT2D eigenvalue weighted by Crippen LogP contribution is -2.31. The van der Waals surface area contributed by atoms with Crippen molar-refractivity contribution >= 4 is 0 Å². The van der Waals surface area contributed by atoms with E-state index >= 15 is 0 Å². The predicted molar refractivity (Wildman–Crippen MR) is 76.2 cm³/mol. The summed E-state index contributed by atoms with van der Waals surface area (Å²) >= 11 is 0. The van der Waals surface area contributed by atoms with Gasteiger partial charge in [0, 0.05) is 12.5 Å². The Hall–Kier alpha value is -0.860. The highest BCUT2D eigenvalue weighted by molar-refractivity contribution is 5.40. The van der Waals surface area contributed by atoms with E-state index in [2.05, 4.69) is 38.2 Å². The summed E-state index contributed by atoms with van der Waals surface area (Å²) in [7, 11) is 2.04. The minimum Gasteiger partial charge on any atom is -0.381 e. The Bertz CT molecular complexity index is 387. The molecule has 1 fully saturated rings. The third-order valence-electron chi connectivity index (χ3n) is 3.92. The molecule has 1 N–H and O–H groups in total. The number of aryl methyl sites for hydroxylation is 3. The van der Waals surface area contributed by atoms with E-state index in [1.807, 2.05) is 7.05 Å². The van der Waals surface area contributed by atoms with Gasteiger partial charge in [-0.25, -0.2) is 0 Å². The molecule has 0 spiro atoms. The molecule has 0 aromatic heterocycles. The highest BCUT2D eigenvalue weighted by atomic mass is 16.5. The molecule has 100 valence electrons. The van der Waals surface area contributed by atoms with Crippen LogP contribution in [0.1, 0.15) is 34.6 Å². The Balaban J connectivity index is 2.23. The van der Waals surface area contributed by atoms with Crippen molar-refractivity contribution < 1.29 is 4.74 Å². The summed E-state index contributed by atoms with van der Waals surface area (Å²) in [5, 5.41) is 3.35. The molecule has 0 saturated carbocycles. The van der Waals surface area contributed by atoms with E-state index in [1.165, 1.54) is 23.1 Å². The molecular weight excluding hydrogens is 222 g/mol. The van der Waals surface area contributed by atoms with Gasteiger partial charge in [0.1, 0.15) is 0 Å². The van der Waals surface area contributed by atoms with Crippen molar-refractivity contribution in [3.63, 3.8) is 0 Å². The molecule has 1 aromatic rings. The standard InChI is InChI=1S/C16H25NO/c1-11-5-12(2)16(13(3)6-11)15(8-17-4)7-14-9-18-10-14/h5-6,14-15,17H,7-10H2,1-4H3. The van der Waals surface area contributed by atoms with Gasteiger partial charge < -0.3 is 10.1 Å². The molecule has 0 bridgehead atoms. The minimum absolute atomic E-state index is 0.615. The van der Waals surface area contributed by atoms with Gasteiger partial charge in [0.25, 0.3) is 0 Å². The van der Waals surface area contributed by atoms with Gasteiger partial charge in [0.15, 0.2) is 0 Å². The largest absolute Gasteiger partial charge is 0.381 e. The molecule has 1 unspecified atom stereocenters. The van der Waals surface area contributed by atoms with Crippen LogP contribution in [0, 0.1) is 26.7 Å². The number of rotatable bonds is 5. The zero-order chi connectivity index (χ0) is 13.1. The van der Waals surface area contributed by atoms with Crippen molar-refractivity contribution in [3.05, 3.63) is 34.4 Å². The molecule has 1 saturated heterocycles. The molecule has 0 amide bonds. The summed E-state index contributed by atoms with van der Waals surface area (Å²) in [6.45, 7) is 9.62. The highest BCUT2D eigenvalue weighted by Crippen LogP contribution is 2.32. The van der Waals surface area contributed by atoms with E-state index in [0.29, 0.717) is 5.92 Å². The average molecular weight is 247 g/mol. The van der Waals surface area contributed by atoms with Gasteiger partial charge in [-0.15, -0.1) is 0 Å². The van der Waals surface area contributed by atoms with Crippen LogP contribution in [0.4, 0.5) is 0 Å². The monoisotopic (exact) mass is 247 g/mol. The fourth-order valence-corrected chi connectivity index (χ4v) is 3.21. The molecule has 1 aliphatic heterocycles. The van der Waals surface area contributed by atoms with E-state index in [-0.39, 0.29) is 0 Å². The Kier molecular flexibility index (Phi) is 4.41. The van der Waals surface area contributed by atoms with Crippen LogP contribution in [0.2, 0.25) is 0 Å². The number of hydrogen-bond donors (Lipinski definition) is 1. The van der Waals surface area contributed by atoms with Gasteiger partial charge in [0.2, 0.25) is 0 Å². The number of benzene rings is 1. The van der Waals surface area contributed by atoms with E-state index in [9.17, 15) is 0 Å². The fourth-order valence-electron chi connectivity index (χ4n) is 3.21. The summed E-state index contributed by atoms with van der Waals surface area (Å²) in [5.41, 5.74) is 5.78. The van der Waals surface area contributed by atoms with Crippen LogP contribution in [0.15, 0.2) is 12.1 Å². The lowest BCUT2D eigenvalue weighted by Gasteiger charge is -2.31. The first kappa shape index (κ1) is 13.6. The van der Waals surface area contributed by atoms with E-state index in [0.717, 1.165) is 25.7 Å². The lowest BCUT2D eigenvalue weighted by molar-refractivity contribution is -0.0384. The SMILES string of the molecule is CNCC(CC1COC1)c1c(C)cc(C)cc1C. The van der Waals surface area contributed by atoms with E-state index in [4.69, 9.17) is 4.74 Å². The predicted octanol–water partition coefficient (Wildman–Crippen LogP) is 2.95. The van der Waals surface area contributed by atoms with Gasteiger partial charge in [-0.2, -0.15) is 0 Å². The van der Waals surface area contributed by atoms with Crippen LogP contribution in [0.3, 0.4) is 0 Å². The van der Waals surface area contributed by atoms with E-state index < -0.39 is 0 Å². The first-order valence-corrected chi connectivity index (χ1v) is 6.92. The zero-order valence-corrected chi connectivity index (χ0v) is 12.0. The lowest BCUT2D eigenvalue weighted by atomic mass is 9.83. The number of likely N-dealkylation sites (N-methyl/N-ethyl adjacent to an activating group) is 1. The maximum Gasteiger partial charge on any atom is 0.0516 e. The summed E-state index contributed by atoms with van der Waals surface area (Å²) < 4.78 is 5.31. The van der Waals surface area contributed by atoms with Crippen LogP contribution >= 0.6 is 0 Å². The van der Waals surface area contributed by atoms with Gasteiger partial charge in [-0.05, 0) is 56.8 Å².